The zero-order valence-corrected chi connectivity index (χ0v) is 15.7. The van der Waals surface area contributed by atoms with E-state index in [4.69, 9.17) is 4.42 Å². The standard InChI is InChI=1S/C25H23NO/c1-26-21-14-13-19-18-9-5-6-10-23(18)27-25(19)24(21)20-12-11-17(15-22(20)26)16-7-3-2-4-8-16/h5-6,9-16H,2-4,7-8H2,1H3. The summed E-state index contributed by atoms with van der Waals surface area (Å²) >= 11 is 0. The fourth-order valence-corrected chi connectivity index (χ4v) is 5.18. The van der Waals surface area contributed by atoms with Crippen LogP contribution in [0.15, 0.2) is 59.0 Å². The Hall–Kier alpha value is -2.74. The molecule has 3 aromatic carbocycles. The summed E-state index contributed by atoms with van der Waals surface area (Å²) in [6.07, 6.45) is 6.82. The van der Waals surface area contributed by atoms with Crippen LogP contribution in [0.5, 0.6) is 0 Å². The number of aryl methyl sites for hydroxylation is 1. The van der Waals surface area contributed by atoms with Gasteiger partial charge in [0.05, 0.1) is 10.9 Å². The minimum atomic E-state index is 0.729. The topological polar surface area (TPSA) is 18.1 Å². The van der Waals surface area contributed by atoms with E-state index >= 15 is 0 Å². The monoisotopic (exact) mass is 353 g/mol. The number of fused-ring (bicyclic) bond motifs is 7. The van der Waals surface area contributed by atoms with Gasteiger partial charge in [-0.1, -0.05) is 49.6 Å². The highest BCUT2D eigenvalue weighted by molar-refractivity contribution is 6.23. The molecular formula is C25H23NO. The molecule has 2 nitrogen and oxygen atoms in total. The number of hydrogen-bond acceptors (Lipinski definition) is 1. The van der Waals surface area contributed by atoms with Gasteiger partial charge in [-0.15, -0.1) is 0 Å². The first-order valence-corrected chi connectivity index (χ1v) is 10.1. The molecule has 27 heavy (non-hydrogen) atoms. The first-order chi connectivity index (χ1) is 13.3. The average molecular weight is 353 g/mol. The van der Waals surface area contributed by atoms with Gasteiger partial charge >= 0.3 is 0 Å². The van der Waals surface area contributed by atoms with E-state index in [0.717, 1.165) is 17.1 Å². The molecule has 0 unspecified atom stereocenters. The lowest BCUT2D eigenvalue weighted by atomic mass is 9.84. The summed E-state index contributed by atoms with van der Waals surface area (Å²) in [6, 6.07) is 19.9. The molecule has 0 amide bonds. The Balaban J connectivity index is 1.67. The predicted octanol–water partition coefficient (Wildman–Crippen LogP) is 7.28. The van der Waals surface area contributed by atoms with E-state index in [1.54, 1.807) is 0 Å². The van der Waals surface area contributed by atoms with Crippen molar-refractivity contribution < 1.29 is 4.42 Å². The fourth-order valence-electron chi connectivity index (χ4n) is 5.18. The van der Waals surface area contributed by atoms with Gasteiger partial charge < -0.3 is 8.98 Å². The van der Waals surface area contributed by atoms with Gasteiger partial charge in [-0.3, -0.25) is 0 Å². The molecule has 0 bridgehead atoms. The molecular weight excluding hydrogens is 330 g/mol. The van der Waals surface area contributed by atoms with Crippen molar-refractivity contribution in [3.05, 3.63) is 60.2 Å². The molecule has 2 heterocycles. The van der Waals surface area contributed by atoms with Crippen molar-refractivity contribution in [3.63, 3.8) is 0 Å². The van der Waals surface area contributed by atoms with Crippen LogP contribution in [0.25, 0.3) is 43.7 Å². The van der Waals surface area contributed by atoms with Crippen molar-refractivity contribution in [2.45, 2.75) is 38.0 Å². The molecule has 0 spiro atoms. The molecule has 0 aliphatic heterocycles. The Labute approximate surface area is 158 Å². The Kier molecular flexibility index (Phi) is 3.19. The van der Waals surface area contributed by atoms with Crippen LogP contribution in [0.2, 0.25) is 0 Å². The summed E-state index contributed by atoms with van der Waals surface area (Å²) < 4.78 is 8.66. The summed E-state index contributed by atoms with van der Waals surface area (Å²) in [4.78, 5) is 0. The molecule has 0 N–H and O–H groups in total. The average Bonchev–Trinajstić information content (AvgIpc) is 3.24. The molecule has 134 valence electrons. The van der Waals surface area contributed by atoms with Crippen LogP contribution in [-0.2, 0) is 7.05 Å². The molecule has 2 aromatic heterocycles. The van der Waals surface area contributed by atoms with Crippen molar-refractivity contribution in [1.29, 1.82) is 0 Å². The summed E-state index contributed by atoms with van der Waals surface area (Å²) in [5.41, 5.74) is 6.06. The first-order valence-electron chi connectivity index (χ1n) is 10.1. The van der Waals surface area contributed by atoms with Crippen LogP contribution >= 0.6 is 0 Å². The van der Waals surface area contributed by atoms with Gasteiger partial charge in [0.15, 0.2) is 0 Å². The van der Waals surface area contributed by atoms with Crippen LogP contribution in [0.1, 0.15) is 43.6 Å². The van der Waals surface area contributed by atoms with Crippen molar-refractivity contribution >= 4 is 43.7 Å². The summed E-state index contributed by atoms with van der Waals surface area (Å²) in [7, 11) is 2.18. The second-order valence-corrected chi connectivity index (χ2v) is 8.11. The zero-order chi connectivity index (χ0) is 18.0. The smallest absolute Gasteiger partial charge is 0.145 e. The molecule has 1 aliphatic carbocycles. The number of aromatic nitrogens is 1. The SMILES string of the molecule is Cn1c2cc(C3CCCCC3)ccc2c2c3oc4ccccc4c3ccc21. The number of rotatable bonds is 1. The predicted molar refractivity (Wildman–Crippen MR) is 114 cm³/mol. The number of para-hydroxylation sites is 1. The Morgan fingerprint density at radius 2 is 1.63 bits per heavy atom. The van der Waals surface area contributed by atoms with Gasteiger partial charge in [0.2, 0.25) is 0 Å². The van der Waals surface area contributed by atoms with E-state index in [1.807, 2.05) is 6.07 Å². The summed E-state index contributed by atoms with van der Waals surface area (Å²) in [5, 5.41) is 4.96. The highest BCUT2D eigenvalue weighted by Gasteiger charge is 2.19. The second kappa shape index (κ2) is 5.63. The van der Waals surface area contributed by atoms with Gasteiger partial charge in [-0.2, -0.15) is 0 Å². The van der Waals surface area contributed by atoms with Crippen LogP contribution in [0.3, 0.4) is 0 Å². The highest BCUT2D eigenvalue weighted by Crippen LogP contribution is 2.40. The zero-order valence-electron chi connectivity index (χ0n) is 15.7. The number of benzene rings is 3. The molecule has 1 fully saturated rings. The van der Waals surface area contributed by atoms with E-state index in [1.165, 1.54) is 70.2 Å². The molecule has 0 atom stereocenters. The van der Waals surface area contributed by atoms with E-state index in [-0.39, 0.29) is 0 Å². The van der Waals surface area contributed by atoms with Crippen LogP contribution in [0.4, 0.5) is 0 Å². The molecule has 0 saturated heterocycles. The van der Waals surface area contributed by atoms with Crippen LogP contribution < -0.4 is 0 Å². The van der Waals surface area contributed by atoms with E-state index in [0.29, 0.717) is 0 Å². The largest absolute Gasteiger partial charge is 0.455 e. The van der Waals surface area contributed by atoms with Crippen LogP contribution in [0, 0.1) is 0 Å². The molecule has 0 radical (unpaired) electrons. The van der Waals surface area contributed by atoms with Gasteiger partial charge in [0.1, 0.15) is 11.2 Å². The lowest BCUT2D eigenvalue weighted by molar-refractivity contribution is 0.444. The van der Waals surface area contributed by atoms with Crippen molar-refractivity contribution in [2.24, 2.45) is 7.05 Å². The fraction of sp³-hybridized carbons (Fsp3) is 0.280. The minimum absolute atomic E-state index is 0.729. The maximum absolute atomic E-state index is 6.32. The number of hydrogen-bond donors (Lipinski definition) is 0. The molecule has 1 saturated carbocycles. The molecule has 5 aromatic rings. The summed E-state index contributed by atoms with van der Waals surface area (Å²) in [6.45, 7) is 0. The van der Waals surface area contributed by atoms with Crippen molar-refractivity contribution in [3.8, 4) is 0 Å². The third-order valence-corrected chi connectivity index (χ3v) is 6.62. The van der Waals surface area contributed by atoms with Crippen LogP contribution in [-0.4, -0.2) is 4.57 Å². The lowest BCUT2D eigenvalue weighted by Gasteiger charge is -2.22. The van der Waals surface area contributed by atoms with Gasteiger partial charge in [0.25, 0.3) is 0 Å². The molecule has 6 rings (SSSR count). The Bertz CT molecular complexity index is 1310. The van der Waals surface area contributed by atoms with Gasteiger partial charge in [0, 0.05) is 28.7 Å². The molecule has 1 aliphatic rings. The van der Waals surface area contributed by atoms with Gasteiger partial charge in [-0.25, -0.2) is 0 Å². The van der Waals surface area contributed by atoms with E-state index in [9.17, 15) is 0 Å². The van der Waals surface area contributed by atoms with Gasteiger partial charge in [-0.05, 0) is 48.6 Å². The first kappa shape index (κ1) is 15.3. The number of nitrogens with zero attached hydrogens (tertiary/aromatic N) is 1. The second-order valence-electron chi connectivity index (χ2n) is 8.11. The van der Waals surface area contributed by atoms with E-state index in [2.05, 4.69) is 60.1 Å². The third kappa shape index (κ3) is 2.13. The quantitative estimate of drug-likeness (QED) is 0.310. The minimum Gasteiger partial charge on any atom is -0.455 e. The lowest BCUT2D eigenvalue weighted by Crippen LogP contribution is -2.04. The highest BCUT2D eigenvalue weighted by atomic mass is 16.3. The normalized spacial score (nSPS) is 16.2. The summed E-state index contributed by atoms with van der Waals surface area (Å²) in [5.74, 6) is 0.729. The van der Waals surface area contributed by atoms with E-state index < -0.39 is 0 Å². The van der Waals surface area contributed by atoms with Crippen molar-refractivity contribution in [1.82, 2.24) is 4.57 Å². The third-order valence-electron chi connectivity index (χ3n) is 6.62. The molecule has 2 heteroatoms. The maximum atomic E-state index is 6.32. The Morgan fingerprint density at radius 3 is 2.52 bits per heavy atom. The van der Waals surface area contributed by atoms with Crippen molar-refractivity contribution in [2.75, 3.05) is 0 Å². The Morgan fingerprint density at radius 1 is 0.815 bits per heavy atom. The maximum Gasteiger partial charge on any atom is 0.145 e. The number of furan rings is 1.